The molecule has 0 spiro atoms. The largest absolute Gasteiger partial charge is 0.480 e. The molecule has 0 aromatic heterocycles. The molecule has 0 bridgehead atoms. The summed E-state index contributed by atoms with van der Waals surface area (Å²) in [7, 11) is 1.47. The standard InChI is InChI=1S/C13H13Cl2NO3/c1-16(7-10(17)18)12(19)13(5-6-13)11-8(14)3-2-4-9(11)15/h2-4H,5-7H2,1H3,(H,17,18). The fourth-order valence-corrected chi connectivity index (χ4v) is 3.05. The van der Waals surface area contributed by atoms with E-state index in [1.165, 1.54) is 11.9 Å². The second kappa shape index (κ2) is 5.02. The third-order valence-electron chi connectivity index (χ3n) is 3.32. The average Bonchev–Trinajstić information content (AvgIpc) is 3.08. The highest BCUT2D eigenvalue weighted by atomic mass is 35.5. The fourth-order valence-electron chi connectivity index (χ4n) is 2.29. The van der Waals surface area contributed by atoms with Crippen LogP contribution in [0.4, 0.5) is 0 Å². The van der Waals surface area contributed by atoms with Gasteiger partial charge in [-0.2, -0.15) is 0 Å². The lowest BCUT2D eigenvalue weighted by atomic mass is 9.94. The summed E-state index contributed by atoms with van der Waals surface area (Å²) >= 11 is 12.3. The summed E-state index contributed by atoms with van der Waals surface area (Å²) in [5.74, 6) is -1.29. The zero-order valence-corrected chi connectivity index (χ0v) is 11.8. The summed E-state index contributed by atoms with van der Waals surface area (Å²) < 4.78 is 0. The van der Waals surface area contributed by atoms with Crippen molar-refractivity contribution in [1.82, 2.24) is 4.90 Å². The van der Waals surface area contributed by atoms with E-state index in [4.69, 9.17) is 28.3 Å². The van der Waals surface area contributed by atoms with Crippen molar-refractivity contribution in [3.8, 4) is 0 Å². The van der Waals surface area contributed by atoms with Gasteiger partial charge in [0.05, 0.1) is 5.41 Å². The van der Waals surface area contributed by atoms with E-state index in [9.17, 15) is 9.59 Å². The minimum atomic E-state index is -1.04. The summed E-state index contributed by atoms with van der Waals surface area (Å²) in [6.45, 7) is -0.331. The molecule has 0 aliphatic heterocycles. The normalized spacial score (nSPS) is 15.9. The molecule has 1 aromatic carbocycles. The van der Waals surface area contributed by atoms with Gasteiger partial charge in [0.15, 0.2) is 0 Å². The first-order valence-electron chi connectivity index (χ1n) is 5.80. The molecule has 1 aromatic rings. The van der Waals surface area contributed by atoms with E-state index in [0.717, 1.165) is 0 Å². The molecule has 0 radical (unpaired) electrons. The number of carbonyl (C=O) groups excluding carboxylic acids is 1. The molecule has 1 amide bonds. The number of amides is 1. The van der Waals surface area contributed by atoms with Gasteiger partial charge in [0, 0.05) is 22.7 Å². The fraction of sp³-hybridized carbons (Fsp3) is 0.385. The molecule has 0 atom stereocenters. The lowest BCUT2D eigenvalue weighted by Crippen LogP contribution is -2.39. The van der Waals surface area contributed by atoms with Gasteiger partial charge in [-0.3, -0.25) is 9.59 Å². The van der Waals surface area contributed by atoms with Crippen LogP contribution in [-0.2, 0) is 15.0 Å². The first-order valence-corrected chi connectivity index (χ1v) is 6.56. The van der Waals surface area contributed by atoms with Gasteiger partial charge in [-0.1, -0.05) is 29.3 Å². The Morgan fingerprint density at radius 1 is 1.32 bits per heavy atom. The third-order valence-corrected chi connectivity index (χ3v) is 3.95. The van der Waals surface area contributed by atoms with Gasteiger partial charge in [0.1, 0.15) is 6.54 Å². The van der Waals surface area contributed by atoms with E-state index in [0.29, 0.717) is 28.5 Å². The molecule has 1 saturated carbocycles. The highest BCUT2D eigenvalue weighted by Gasteiger charge is 2.54. The predicted octanol–water partition coefficient (Wildman–Crippen LogP) is 2.57. The van der Waals surface area contributed by atoms with E-state index >= 15 is 0 Å². The summed E-state index contributed by atoms with van der Waals surface area (Å²) in [5, 5.41) is 9.65. The van der Waals surface area contributed by atoms with E-state index in [2.05, 4.69) is 0 Å². The van der Waals surface area contributed by atoms with Crippen LogP contribution in [0.2, 0.25) is 10.0 Å². The zero-order valence-electron chi connectivity index (χ0n) is 10.3. The maximum atomic E-state index is 12.4. The third kappa shape index (κ3) is 2.55. The van der Waals surface area contributed by atoms with Crippen LogP contribution in [0.5, 0.6) is 0 Å². The van der Waals surface area contributed by atoms with Crippen LogP contribution in [-0.4, -0.2) is 35.5 Å². The Hall–Kier alpha value is -1.26. The van der Waals surface area contributed by atoms with Crippen molar-refractivity contribution < 1.29 is 14.7 Å². The Labute approximate surface area is 120 Å². The Balaban J connectivity index is 2.33. The van der Waals surface area contributed by atoms with Crippen molar-refractivity contribution in [1.29, 1.82) is 0 Å². The van der Waals surface area contributed by atoms with E-state index in [-0.39, 0.29) is 12.5 Å². The van der Waals surface area contributed by atoms with E-state index in [1.54, 1.807) is 18.2 Å². The topological polar surface area (TPSA) is 57.6 Å². The molecule has 4 nitrogen and oxygen atoms in total. The monoisotopic (exact) mass is 301 g/mol. The van der Waals surface area contributed by atoms with Crippen LogP contribution in [0.1, 0.15) is 18.4 Å². The van der Waals surface area contributed by atoms with Gasteiger partial charge < -0.3 is 10.0 Å². The molecule has 2 rings (SSSR count). The number of nitrogens with zero attached hydrogens (tertiary/aromatic N) is 1. The van der Waals surface area contributed by atoms with Crippen LogP contribution < -0.4 is 0 Å². The van der Waals surface area contributed by atoms with Gasteiger partial charge >= 0.3 is 5.97 Å². The first kappa shape index (κ1) is 14.2. The number of aliphatic carboxylic acids is 1. The zero-order chi connectivity index (χ0) is 14.2. The van der Waals surface area contributed by atoms with Crippen LogP contribution in [0.15, 0.2) is 18.2 Å². The summed E-state index contributed by atoms with van der Waals surface area (Å²) in [5.41, 5.74) is -0.139. The van der Waals surface area contributed by atoms with Gasteiger partial charge in [0.2, 0.25) is 5.91 Å². The van der Waals surface area contributed by atoms with Crippen LogP contribution >= 0.6 is 23.2 Å². The Bertz CT molecular complexity index is 520. The smallest absolute Gasteiger partial charge is 0.323 e. The maximum Gasteiger partial charge on any atom is 0.323 e. The summed E-state index contributed by atoms with van der Waals surface area (Å²) in [4.78, 5) is 24.3. The highest BCUT2D eigenvalue weighted by Crippen LogP contribution is 2.53. The number of carbonyl (C=O) groups is 2. The summed E-state index contributed by atoms with van der Waals surface area (Å²) in [6.07, 6.45) is 1.28. The quantitative estimate of drug-likeness (QED) is 0.930. The van der Waals surface area contributed by atoms with Gasteiger partial charge in [-0.15, -0.1) is 0 Å². The maximum absolute atomic E-state index is 12.4. The van der Waals surface area contributed by atoms with Crippen LogP contribution in [0.3, 0.4) is 0 Å². The lowest BCUT2D eigenvalue weighted by Gasteiger charge is -2.23. The molecule has 0 saturated heterocycles. The predicted molar refractivity (Wildman–Crippen MR) is 72.6 cm³/mol. The molecule has 102 valence electrons. The highest BCUT2D eigenvalue weighted by molar-refractivity contribution is 6.36. The second-order valence-corrected chi connectivity index (χ2v) is 5.55. The second-order valence-electron chi connectivity index (χ2n) is 4.73. The molecule has 6 heteroatoms. The number of halogens is 2. The number of carboxylic acid groups (broad SMARTS) is 1. The number of likely N-dealkylation sites (N-methyl/N-ethyl adjacent to an activating group) is 1. The molecule has 19 heavy (non-hydrogen) atoms. The van der Waals surface area contributed by atoms with Gasteiger partial charge in [-0.05, 0) is 25.0 Å². The SMILES string of the molecule is CN(CC(=O)O)C(=O)C1(c2c(Cl)cccc2Cl)CC1. The number of rotatable bonds is 4. The Morgan fingerprint density at radius 2 is 1.84 bits per heavy atom. The van der Waals surface area contributed by atoms with Crippen LogP contribution in [0, 0.1) is 0 Å². The van der Waals surface area contributed by atoms with Crippen molar-refractivity contribution in [2.45, 2.75) is 18.3 Å². The molecule has 1 N–H and O–H groups in total. The minimum Gasteiger partial charge on any atom is -0.480 e. The molecule has 1 aliphatic carbocycles. The number of hydrogen-bond acceptors (Lipinski definition) is 2. The van der Waals surface area contributed by atoms with Gasteiger partial charge in [-0.25, -0.2) is 0 Å². The molecule has 1 fully saturated rings. The molecular formula is C13H13Cl2NO3. The Morgan fingerprint density at radius 3 is 2.26 bits per heavy atom. The first-order chi connectivity index (χ1) is 8.88. The molecule has 1 aliphatic rings. The number of hydrogen-bond donors (Lipinski definition) is 1. The van der Waals surface area contributed by atoms with Crippen molar-refractivity contribution in [3.63, 3.8) is 0 Å². The average molecular weight is 302 g/mol. The lowest BCUT2D eigenvalue weighted by molar-refractivity contribution is -0.144. The van der Waals surface area contributed by atoms with Gasteiger partial charge in [0.25, 0.3) is 0 Å². The van der Waals surface area contributed by atoms with E-state index < -0.39 is 11.4 Å². The number of benzene rings is 1. The molecule has 0 heterocycles. The van der Waals surface area contributed by atoms with Crippen molar-refractivity contribution in [3.05, 3.63) is 33.8 Å². The van der Waals surface area contributed by atoms with Crippen molar-refractivity contribution in [2.75, 3.05) is 13.6 Å². The van der Waals surface area contributed by atoms with Crippen LogP contribution in [0.25, 0.3) is 0 Å². The van der Waals surface area contributed by atoms with Crippen molar-refractivity contribution in [2.24, 2.45) is 0 Å². The summed E-state index contributed by atoms with van der Waals surface area (Å²) in [6, 6.07) is 5.09. The minimum absolute atomic E-state index is 0.245. The molecule has 0 unspecified atom stereocenters. The Kier molecular flexibility index (Phi) is 3.74. The number of carboxylic acids is 1. The molecular weight excluding hydrogens is 289 g/mol. The van der Waals surface area contributed by atoms with E-state index in [1.807, 2.05) is 0 Å². The van der Waals surface area contributed by atoms with Crippen molar-refractivity contribution >= 4 is 35.1 Å².